The average Bonchev–Trinajstić information content (AvgIpc) is 2.93. The fraction of sp³-hybridized carbons (Fsp3) is 0.312. The summed E-state index contributed by atoms with van der Waals surface area (Å²) < 4.78 is 5.87. The summed E-state index contributed by atoms with van der Waals surface area (Å²) >= 11 is 0. The fourth-order valence-corrected chi connectivity index (χ4v) is 2.08. The Morgan fingerprint density at radius 2 is 1.95 bits per heavy atom. The van der Waals surface area contributed by atoms with Crippen molar-refractivity contribution in [2.24, 2.45) is 5.73 Å². The minimum Gasteiger partial charge on any atom is -0.460 e. The highest BCUT2D eigenvalue weighted by Gasteiger charge is 2.07. The van der Waals surface area contributed by atoms with Gasteiger partial charge in [-0.2, -0.15) is 0 Å². The van der Waals surface area contributed by atoms with Gasteiger partial charge in [0.25, 0.3) is 0 Å². The van der Waals surface area contributed by atoms with Crippen molar-refractivity contribution in [3.8, 4) is 11.3 Å². The topological polar surface area (TPSA) is 78.3 Å². The molecule has 112 valence electrons. The molecule has 2 aromatic rings. The molecular weight excluding hydrogens is 264 g/mol. The van der Waals surface area contributed by atoms with Gasteiger partial charge in [0.05, 0.1) is 6.54 Å². The summed E-state index contributed by atoms with van der Waals surface area (Å²) in [4.78, 5) is 2.21. The maximum atomic E-state index is 7.39. The van der Waals surface area contributed by atoms with Crippen molar-refractivity contribution in [3.05, 3.63) is 47.7 Å². The van der Waals surface area contributed by atoms with Gasteiger partial charge in [-0.15, -0.1) is 0 Å². The average molecular weight is 286 g/mol. The Balaban J connectivity index is 2.03. The van der Waals surface area contributed by atoms with Crippen molar-refractivity contribution in [1.82, 2.24) is 10.2 Å². The van der Waals surface area contributed by atoms with Crippen molar-refractivity contribution >= 4 is 5.84 Å². The summed E-state index contributed by atoms with van der Waals surface area (Å²) in [6.45, 7) is 2.71. The molecule has 1 aromatic carbocycles. The first-order valence-corrected chi connectivity index (χ1v) is 6.97. The van der Waals surface area contributed by atoms with E-state index in [0.717, 1.165) is 42.3 Å². The lowest BCUT2D eigenvalue weighted by Crippen LogP contribution is -2.26. The van der Waals surface area contributed by atoms with Crippen molar-refractivity contribution in [3.63, 3.8) is 0 Å². The van der Waals surface area contributed by atoms with Crippen LogP contribution in [0.3, 0.4) is 0 Å². The summed E-state index contributed by atoms with van der Waals surface area (Å²) in [6.07, 6.45) is 0. The zero-order chi connectivity index (χ0) is 15.2. The summed E-state index contributed by atoms with van der Waals surface area (Å²) in [5.74, 6) is 1.86. The molecule has 0 aliphatic heterocycles. The van der Waals surface area contributed by atoms with Crippen molar-refractivity contribution in [2.45, 2.75) is 6.54 Å². The predicted octanol–water partition coefficient (Wildman–Crippen LogP) is 1.88. The van der Waals surface area contributed by atoms with E-state index < -0.39 is 0 Å². The second-order valence-electron chi connectivity index (χ2n) is 5.10. The summed E-state index contributed by atoms with van der Waals surface area (Å²) in [7, 11) is 4.02. The van der Waals surface area contributed by atoms with Crippen LogP contribution in [0.25, 0.3) is 11.3 Å². The molecule has 0 radical (unpaired) electrons. The third kappa shape index (κ3) is 4.18. The molecule has 4 N–H and O–H groups in total. The Morgan fingerprint density at radius 3 is 2.57 bits per heavy atom. The smallest absolute Gasteiger partial charge is 0.134 e. The van der Waals surface area contributed by atoms with Crippen LogP contribution in [-0.2, 0) is 6.54 Å². The molecule has 0 atom stereocenters. The molecule has 0 bridgehead atoms. The van der Waals surface area contributed by atoms with Crippen LogP contribution in [-0.4, -0.2) is 37.9 Å². The maximum absolute atomic E-state index is 7.39. The molecule has 21 heavy (non-hydrogen) atoms. The lowest BCUT2D eigenvalue weighted by Gasteiger charge is -2.14. The number of hydrogen-bond donors (Lipinski definition) is 3. The van der Waals surface area contributed by atoms with E-state index in [9.17, 15) is 0 Å². The number of benzene rings is 1. The van der Waals surface area contributed by atoms with Crippen LogP contribution in [0.2, 0.25) is 0 Å². The third-order valence-electron chi connectivity index (χ3n) is 3.31. The van der Waals surface area contributed by atoms with E-state index in [0.29, 0.717) is 0 Å². The van der Waals surface area contributed by atoms with Gasteiger partial charge < -0.3 is 15.5 Å². The first-order valence-electron chi connectivity index (χ1n) is 6.97. The molecule has 0 amide bonds. The van der Waals surface area contributed by atoms with Gasteiger partial charge in [0.1, 0.15) is 17.4 Å². The number of nitrogens with one attached hydrogen (secondary N) is 2. The Kier molecular flexibility index (Phi) is 5.14. The van der Waals surface area contributed by atoms with Gasteiger partial charge in [0, 0.05) is 24.2 Å². The number of amidine groups is 1. The summed E-state index contributed by atoms with van der Waals surface area (Å²) in [5, 5.41) is 10.5. The minimum absolute atomic E-state index is 0.0767. The highest BCUT2D eigenvalue weighted by atomic mass is 16.3. The zero-order valence-electron chi connectivity index (χ0n) is 12.5. The van der Waals surface area contributed by atoms with E-state index in [2.05, 4.69) is 17.3 Å². The molecule has 0 aliphatic carbocycles. The Labute approximate surface area is 125 Å². The van der Waals surface area contributed by atoms with Gasteiger partial charge in [0.15, 0.2) is 0 Å². The quantitative estimate of drug-likeness (QED) is 0.536. The second kappa shape index (κ2) is 7.06. The maximum Gasteiger partial charge on any atom is 0.134 e. The summed E-state index contributed by atoms with van der Waals surface area (Å²) in [5.41, 5.74) is 7.16. The van der Waals surface area contributed by atoms with Gasteiger partial charge in [-0.25, -0.2) is 0 Å². The van der Waals surface area contributed by atoms with Gasteiger partial charge in [-0.3, -0.25) is 10.3 Å². The number of nitrogens with two attached hydrogens (primary N) is 1. The van der Waals surface area contributed by atoms with Gasteiger partial charge >= 0.3 is 0 Å². The molecule has 1 heterocycles. The van der Waals surface area contributed by atoms with Gasteiger partial charge in [-0.1, -0.05) is 24.3 Å². The van der Waals surface area contributed by atoms with Crippen LogP contribution in [0.15, 0.2) is 40.8 Å². The predicted molar refractivity (Wildman–Crippen MR) is 85.4 cm³/mol. The Bertz CT molecular complexity index is 589. The molecule has 0 fully saturated rings. The Morgan fingerprint density at radius 1 is 1.24 bits per heavy atom. The van der Waals surface area contributed by atoms with E-state index in [-0.39, 0.29) is 5.84 Å². The van der Waals surface area contributed by atoms with Gasteiger partial charge in [0.2, 0.25) is 0 Å². The Hall–Kier alpha value is -2.11. The molecule has 0 aliphatic rings. The molecule has 5 heteroatoms. The molecule has 1 aromatic heterocycles. The highest BCUT2D eigenvalue weighted by Crippen LogP contribution is 2.23. The van der Waals surface area contributed by atoms with E-state index in [1.54, 1.807) is 0 Å². The van der Waals surface area contributed by atoms with Crippen molar-refractivity contribution in [2.75, 3.05) is 27.2 Å². The van der Waals surface area contributed by atoms with Crippen molar-refractivity contribution < 1.29 is 4.42 Å². The van der Waals surface area contributed by atoms with Crippen molar-refractivity contribution in [1.29, 1.82) is 5.41 Å². The zero-order valence-corrected chi connectivity index (χ0v) is 12.5. The van der Waals surface area contributed by atoms with E-state index in [1.165, 1.54) is 0 Å². The number of nitrogen functional groups attached to an aromatic ring is 1. The largest absolute Gasteiger partial charge is 0.460 e. The number of nitrogens with zero attached hydrogens (tertiary/aromatic N) is 1. The monoisotopic (exact) mass is 286 g/mol. The number of furan rings is 1. The molecule has 0 saturated carbocycles. The first-order chi connectivity index (χ1) is 10.1. The van der Waals surface area contributed by atoms with E-state index >= 15 is 0 Å². The number of likely N-dealkylation sites (N-methyl/N-ethyl adjacent to an activating group) is 2. The lowest BCUT2D eigenvalue weighted by atomic mass is 10.1. The van der Waals surface area contributed by atoms with Crippen LogP contribution in [0.1, 0.15) is 11.3 Å². The van der Waals surface area contributed by atoms with Gasteiger partial charge in [-0.05, 0) is 26.2 Å². The molecule has 2 rings (SSSR count). The minimum atomic E-state index is 0.0767. The molecule has 5 nitrogen and oxygen atoms in total. The second-order valence-corrected chi connectivity index (χ2v) is 5.10. The third-order valence-corrected chi connectivity index (χ3v) is 3.31. The molecule has 0 unspecified atom stereocenters. The normalized spacial score (nSPS) is 11.0. The fourth-order valence-electron chi connectivity index (χ4n) is 2.08. The number of hydrogen-bond acceptors (Lipinski definition) is 4. The lowest BCUT2D eigenvalue weighted by molar-refractivity contribution is 0.298. The van der Waals surface area contributed by atoms with E-state index in [4.69, 9.17) is 15.6 Å². The van der Waals surface area contributed by atoms with Crippen LogP contribution in [0.5, 0.6) is 0 Å². The van der Waals surface area contributed by atoms with Crippen LogP contribution >= 0.6 is 0 Å². The standard InChI is InChI=1S/C16H22N4O/c1-19-9-10-20(2)11-14-7-8-15(21-14)12-3-5-13(6-4-12)16(17)18/h3-8,19H,9-11H2,1-2H3,(H3,17,18). The summed E-state index contributed by atoms with van der Waals surface area (Å²) in [6, 6.07) is 11.5. The molecular formula is C16H22N4O. The number of rotatable bonds is 7. The molecule has 0 spiro atoms. The SMILES string of the molecule is CNCCN(C)Cc1ccc(-c2ccc(C(=N)N)cc2)o1. The van der Waals surface area contributed by atoms with E-state index in [1.807, 2.05) is 43.4 Å². The van der Waals surface area contributed by atoms with Crippen LogP contribution in [0.4, 0.5) is 0 Å². The highest BCUT2D eigenvalue weighted by molar-refractivity contribution is 5.95. The first kappa shape index (κ1) is 15.3. The van der Waals surface area contributed by atoms with Crippen LogP contribution in [0, 0.1) is 5.41 Å². The van der Waals surface area contributed by atoms with Crippen LogP contribution < -0.4 is 11.1 Å². The molecule has 0 saturated heterocycles.